The van der Waals surface area contributed by atoms with Crippen LogP contribution in [0.2, 0.25) is 0 Å². The van der Waals surface area contributed by atoms with Crippen LogP contribution in [0.1, 0.15) is 13.3 Å². The van der Waals surface area contributed by atoms with Crippen LogP contribution in [-0.2, 0) is 4.79 Å². The Kier molecular flexibility index (Phi) is 0.889. The third-order valence-corrected chi connectivity index (χ3v) is 1.50. The summed E-state index contributed by atoms with van der Waals surface area (Å²) in [6.45, 7) is 1.75. The van der Waals surface area contributed by atoms with E-state index in [2.05, 4.69) is 0 Å². The summed E-state index contributed by atoms with van der Waals surface area (Å²) in [6, 6.07) is 0. The second-order valence-electron chi connectivity index (χ2n) is 2.03. The van der Waals surface area contributed by atoms with Gasteiger partial charge in [-0.05, 0) is 0 Å². The van der Waals surface area contributed by atoms with Crippen LogP contribution in [0.25, 0.3) is 0 Å². The van der Waals surface area contributed by atoms with Crippen molar-refractivity contribution in [2.75, 3.05) is 0 Å². The molecule has 0 radical (unpaired) electrons. The normalized spacial score (nSPS) is 40.6. The molecule has 0 bridgehead atoms. The van der Waals surface area contributed by atoms with E-state index in [0.29, 0.717) is 6.42 Å². The van der Waals surface area contributed by atoms with Gasteiger partial charge < -0.3 is 5.11 Å². The van der Waals surface area contributed by atoms with Crippen LogP contribution in [0, 0.1) is 5.92 Å². The van der Waals surface area contributed by atoms with Gasteiger partial charge in [-0.2, -0.15) is 0 Å². The fourth-order valence-electron chi connectivity index (χ4n) is 0.623. The molecule has 1 rings (SSSR count). The van der Waals surface area contributed by atoms with Crippen molar-refractivity contribution in [3.8, 4) is 0 Å². The van der Waals surface area contributed by atoms with Crippen LogP contribution >= 0.6 is 0 Å². The first-order valence-corrected chi connectivity index (χ1v) is 2.42. The maximum atomic E-state index is 10.3. The Morgan fingerprint density at radius 1 is 1.86 bits per heavy atom. The highest BCUT2D eigenvalue weighted by Crippen LogP contribution is 2.21. The highest BCUT2D eigenvalue weighted by atomic mass is 16.3. The van der Waals surface area contributed by atoms with Crippen LogP contribution in [0.15, 0.2) is 0 Å². The molecule has 0 amide bonds. The van der Waals surface area contributed by atoms with E-state index in [9.17, 15) is 4.79 Å². The summed E-state index contributed by atoms with van der Waals surface area (Å²) in [6.07, 6.45) is 0.0359. The van der Waals surface area contributed by atoms with Crippen molar-refractivity contribution < 1.29 is 9.90 Å². The van der Waals surface area contributed by atoms with Gasteiger partial charge in [0, 0.05) is 12.3 Å². The van der Waals surface area contributed by atoms with Crippen LogP contribution < -0.4 is 0 Å². The first-order valence-electron chi connectivity index (χ1n) is 2.42. The van der Waals surface area contributed by atoms with Gasteiger partial charge in [0.25, 0.3) is 0 Å². The van der Waals surface area contributed by atoms with Crippen LogP contribution in [0.3, 0.4) is 0 Å². The zero-order valence-electron chi connectivity index (χ0n) is 4.22. The molecule has 2 heteroatoms. The Morgan fingerprint density at radius 3 is 2.43 bits per heavy atom. The monoisotopic (exact) mass is 100 g/mol. The van der Waals surface area contributed by atoms with E-state index in [1.54, 1.807) is 6.92 Å². The molecule has 1 aliphatic rings. The van der Waals surface area contributed by atoms with E-state index in [1.165, 1.54) is 0 Å². The van der Waals surface area contributed by atoms with Gasteiger partial charge in [-0.15, -0.1) is 0 Å². The lowest BCUT2D eigenvalue weighted by Crippen LogP contribution is -2.39. The van der Waals surface area contributed by atoms with Gasteiger partial charge in [0.05, 0.1) is 6.10 Å². The van der Waals surface area contributed by atoms with Crippen LogP contribution in [0.5, 0.6) is 0 Å². The van der Waals surface area contributed by atoms with E-state index in [0.717, 1.165) is 0 Å². The number of hydrogen-bond acceptors (Lipinski definition) is 2. The highest BCUT2D eigenvalue weighted by Gasteiger charge is 2.33. The summed E-state index contributed by atoms with van der Waals surface area (Å²) >= 11 is 0. The molecule has 40 valence electrons. The van der Waals surface area contributed by atoms with Crippen molar-refractivity contribution in [3.05, 3.63) is 0 Å². The number of aliphatic hydroxyl groups is 1. The third-order valence-electron chi connectivity index (χ3n) is 1.50. The van der Waals surface area contributed by atoms with E-state index < -0.39 is 0 Å². The fraction of sp³-hybridized carbons (Fsp3) is 0.800. The molecule has 1 saturated carbocycles. The first-order chi connectivity index (χ1) is 3.22. The minimum absolute atomic E-state index is 0.0833. The highest BCUT2D eigenvalue weighted by molar-refractivity contribution is 5.87. The van der Waals surface area contributed by atoms with Gasteiger partial charge >= 0.3 is 0 Å². The maximum Gasteiger partial charge on any atom is 0.140 e. The van der Waals surface area contributed by atoms with Crippen molar-refractivity contribution in [1.29, 1.82) is 0 Å². The van der Waals surface area contributed by atoms with Crippen molar-refractivity contribution in [2.24, 2.45) is 5.92 Å². The maximum absolute atomic E-state index is 10.3. The second-order valence-corrected chi connectivity index (χ2v) is 2.03. The summed E-state index contributed by atoms with van der Waals surface area (Å²) in [5, 5.41) is 8.67. The minimum atomic E-state index is -0.340. The molecule has 0 saturated heterocycles. The second kappa shape index (κ2) is 1.30. The molecule has 0 aromatic rings. The predicted octanol–water partition coefficient (Wildman–Crippen LogP) is -0.0438. The Hall–Kier alpha value is -0.370. The molecular formula is C5H8O2. The average molecular weight is 100 g/mol. The fourth-order valence-corrected chi connectivity index (χ4v) is 0.623. The van der Waals surface area contributed by atoms with E-state index in [-0.39, 0.29) is 17.8 Å². The molecule has 0 spiro atoms. The number of aliphatic hydroxyl groups excluding tert-OH is 1. The number of rotatable bonds is 0. The quantitative estimate of drug-likeness (QED) is 0.463. The Bertz CT molecular complexity index is 98.3. The largest absolute Gasteiger partial charge is 0.392 e. The van der Waals surface area contributed by atoms with Crippen LogP contribution in [0.4, 0.5) is 0 Å². The molecule has 7 heavy (non-hydrogen) atoms. The predicted molar refractivity (Wildman–Crippen MR) is 24.8 cm³/mol. The molecule has 1 N–H and O–H groups in total. The lowest BCUT2D eigenvalue weighted by atomic mass is 9.82. The molecular weight excluding hydrogens is 92.1 g/mol. The van der Waals surface area contributed by atoms with E-state index in [4.69, 9.17) is 5.11 Å². The Labute approximate surface area is 42.1 Å². The van der Waals surface area contributed by atoms with Crippen molar-refractivity contribution >= 4 is 5.78 Å². The molecule has 0 heterocycles. The number of Topliss-reactive ketones (excluding diaryl/α,β-unsaturated/α-hetero) is 1. The van der Waals surface area contributed by atoms with E-state index >= 15 is 0 Å². The Balaban J connectivity index is 2.43. The summed E-state index contributed by atoms with van der Waals surface area (Å²) < 4.78 is 0. The summed E-state index contributed by atoms with van der Waals surface area (Å²) in [5.74, 6) is 0.104. The molecule has 1 fully saturated rings. The van der Waals surface area contributed by atoms with E-state index in [1.807, 2.05) is 0 Å². The van der Waals surface area contributed by atoms with Gasteiger partial charge in [0.1, 0.15) is 5.78 Å². The standard InChI is InChI=1S/C5H8O2/c1-3-4(6)2-5(3)7/h3-4,6H,2H2,1H3. The summed E-state index contributed by atoms with van der Waals surface area (Å²) in [5.41, 5.74) is 0. The molecule has 2 nitrogen and oxygen atoms in total. The Morgan fingerprint density at radius 2 is 2.43 bits per heavy atom. The van der Waals surface area contributed by atoms with Gasteiger partial charge in [-0.3, -0.25) is 4.79 Å². The van der Waals surface area contributed by atoms with Gasteiger partial charge in [0.2, 0.25) is 0 Å². The van der Waals surface area contributed by atoms with Gasteiger partial charge in [0.15, 0.2) is 0 Å². The molecule has 2 atom stereocenters. The zero-order chi connectivity index (χ0) is 5.44. The SMILES string of the molecule is CC1C(=O)CC1O. The van der Waals surface area contributed by atoms with Gasteiger partial charge in [-0.25, -0.2) is 0 Å². The molecule has 0 aromatic carbocycles. The molecule has 2 unspecified atom stereocenters. The average Bonchev–Trinajstić information content (AvgIpc) is 1.68. The molecule has 1 aliphatic carbocycles. The third kappa shape index (κ3) is 0.548. The van der Waals surface area contributed by atoms with Gasteiger partial charge in [-0.1, -0.05) is 6.92 Å². The number of carbonyl (C=O) groups excluding carboxylic acids is 1. The van der Waals surface area contributed by atoms with Crippen molar-refractivity contribution in [1.82, 2.24) is 0 Å². The smallest absolute Gasteiger partial charge is 0.140 e. The molecule has 0 aliphatic heterocycles. The van der Waals surface area contributed by atoms with Crippen LogP contribution in [-0.4, -0.2) is 17.0 Å². The number of ketones is 1. The number of carbonyl (C=O) groups is 1. The van der Waals surface area contributed by atoms with Crippen molar-refractivity contribution in [2.45, 2.75) is 19.4 Å². The topological polar surface area (TPSA) is 37.3 Å². The zero-order valence-corrected chi connectivity index (χ0v) is 4.22. The summed E-state index contributed by atoms with van der Waals surface area (Å²) in [4.78, 5) is 10.3. The number of hydrogen-bond donors (Lipinski definition) is 1. The molecule has 0 aromatic heterocycles. The van der Waals surface area contributed by atoms with Crippen molar-refractivity contribution in [3.63, 3.8) is 0 Å². The minimum Gasteiger partial charge on any atom is -0.392 e. The summed E-state index contributed by atoms with van der Waals surface area (Å²) in [7, 11) is 0. The lowest BCUT2D eigenvalue weighted by molar-refractivity contribution is -0.138. The first kappa shape index (κ1) is 4.78. The lowest BCUT2D eigenvalue weighted by Gasteiger charge is -2.26.